The molecule has 86 valence electrons. The Morgan fingerprint density at radius 1 is 1.60 bits per heavy atom. The number of nitrogens with one attached hydrogen (secondary N) is 1. The molecule has 0 amide bonds. The summed E-state index contributed by atoms with van der Waals surface area (Å²) in [5.74, 6) is -2.05. The number of aliphatic carboxylic acids is 1. The first-order valence-electron chi connectivity index (χ1n) is 4.16. The first-order valence-corrected chi connectivity index (χ1v) is 4.16. The normalized spacial score (nSPS) is 17.6. The molecular weight excluding hydrogens is 213 g/mol. The molecule has 0 aromatic heterocycles. The molecule has 0 aliphatic heterocycles. The van der Waals surface area contributed by atoms with Crippen LogP contribution in [0.4, 0.5) is 13.2 Å². The Kier molecular flexibility index (Phi) is 4.10. The average molecular weight is 224 g/mol. The van der Waals surface area contributed by atoms with Gasteiger partial charge in [-0.1, -0.05) is 6.92 Å². The van der Waals surface area contributed by atoms with E-state index in [0.29, 0.717) is 6.92 Å². The molecule has 0 aromatic carbocycles. The van der Waals surface area contributed by atoms with Gasteiger partial charge in [-0.2, -0.15) is 18.4 Å². The van der Waals surface area contributed by atoms with Crippen molar-refractivity contribution in [3.8, 4) is 6.07 Å². The van der Waals surface area contributed by atoms with Crippen molar-refractivity contribution in [2.24, 2.45) is 0 Å². The summed E-state index contributed by atoms with van der Waals surface area (Å²) in [5, 5.41) is 18.8. The van der Waals surface area contributed by atoms with E-state index in [2.05, 4.69) is 0 Å². The maximum absolute atomic E-state index is 12.4. The van der Waals surface area contributed by atoms with Crippen molar-refractivity contribution in [2.75, 3.05) is 0 Å². The monoisotopic (exact) mass is 224 g/mol. The van der Waals surface area contributed by atoms with Crippen molar-refractivity contribution in [3.05, 3.63) is 0 Å². The third kappa shape index (κ3) is 2.83. The Bertz CT molecular complexity index is 285. The Labute approximate surface area is 84.7 Å². The van der Waals surface area contributed by atoms with Crippen molar-refractivity contribution in [3.63, 3.8) is 0 Å². The van der Waals surface area contributed by atoms with Crippen molar-refractivity contribution in [2.45, 2.75) is 38.0 Å². The highest BCUT2D eigenvalue weighted by Crippen LogP contribution is 2.30. The molecule has 4 nitrogen and oxygen atoms in total. The van der Waals surface area contributed by atoms with Crippen LogP contribution in [-0.2, 0) is 4.79 Å². The van der Waals surface area contributed by atoms with E-state index >= 15 is 0 Å². The first-order chi connectivity index (χ1) is 6.69. The number of nitrogens with zero attached hydrogens (tertiary/aromatic N) is 1. The minimum atomic E-state index is -4.96. The zero-order chi connectivity index (χ0) is 12.3. The summed E-state index contributed by atoms with van der Waals surface area (Å²) < 4.78 is 37.3. The van der Waals surface area contributed by atoms with Crippen LogP contribution in [0.3, 0.4) is 0 Å². The molecule has 0 saturated carbocycles. The van der Waals surface area contributed by atoms with E-state index in [0.717, 1.165) is 0 Å². The number of carboxylic acids is 1. The number of rotatable bonds is 4. The van der Waals surface area contributed by atoms with E-state index in [1.54, 1.807) is 11.4 Å². The van der Waals surface area contributed by atoms with Gasteiger partial charge in [0.05, 0.1) is 12.1 Å². The highest BCUT2D eigenvalue weighted by molar-refractivity contribution is 5.79. The van der Waals surface area contributed by atoms with Gasteiger partial charge in [-0.3, -0.25) is 5.32 Å². The van der Waals surface area contributed by atoms with Gasteiger partial charge in [-0.25, -0.2) is 4.79 Å². The number of halogens is 3. The first kappa shape index (κ1) is 13.7. The number of carbonyl (C=O) groups is 1. The van der Waals surface area contributed by atoms with Crippen molar-refractivity contribution in [1.29, 1.82) is 5.26 Å². The lowest BCUT2D eigenvalue weighted by Crippen LogP contribution is -2.62. The summed E-state index contributed by atoms with van der Waals surface area (Å²) in [6, 6.07) is 0.414. The van der Waals surface area contributed by atoms with Gasteiger partial charge in [0.1, 0.15) is 0 Å². The van der Waals surface area contributed by atoms with Crippen molar-refractivity contribution >= 4 is 5.97 Å². The topological polar surface area (TPSA) is 73.1 Å². The smallest absolute Gasteiger partial charge is 0.417 e. The van der Waals surface area contributed by atoms with E-state index in [1.807, 2.05) is 0 Å². The molecule has 0 saturated heterocycles. The van der Waals surface area contributed by atoms with Gasteiger partial charge in [0.2, 0.25) is 5.54 Å². The van der Waals surface area contributed by atoms with Gasteiger partial charge in [0, 0.05) is 0 Å². The number of hydrogen-bond donors (Lipinski definition) is 2. The molecular formula is C8H11F3N2O2. The lowest BCUT2D eigenvalue weighted by atomic mass is 10.00. The number of hydrogen-bond acceptors (Lipinski definition) is 3. The van der Waals surface area contributed by atoms with Crippen molar-refractivity contribution < 1.29 is 23.1 Å². The molecule has 0 heterocycles. The zero-order valence-electron chi connectivity index (χ0n) is 8.22. The molecule has 0 spiro atoms. The molecule has 2 N–H and O–H groups in total. The van der Waals surface area contributed by atoms with Gasteiger partial charge in [-0.15, -0.1) is 0 Å². The van der Waals surface area contributed by atoms with Crippen LogP contribution < -0.4 is 5.32 Å². The summed E-state index contributed by atoms with van der Waals surface area (Å²) in [7, 11) is 0. The lowest BCUT2D eigenvalue weighted by molar-refractivity contribution is -0.206. The molecule has 0 rings (SSSR count). The predicted molar refractivity (Wildman–Crippen MR) is 44.9 cm³/mol. The number of alkyl halides is 3. The minimum absolute atomic E-state index is 0.0927. The molecule has 15 heavy (non-hydrogen) atoms. The highest BCUT2D eigenvalue weighted by atomic mass is 19.4. The SMILES string of the molecule is CCC(C#N)NC(C)(C(=O)O)C(F)(F)F. The molecule has 0 aromatic rings. The minimum Gasteiger partial charge on any atom is -0.480 e. The molecule has 2 atom stereocenters. The second-order valence-electron chi connectivity index (χ2n) is 3.16. The second kappa shape index (κ2) is 4.49. The van der Waals surface area contributed by atoms with Crippen LogP contribution in [0.15, 0.2) is 0 Å². The van der Waals surface area contributed by atoms with E-state index in [9.17, 15) is 18.0 Å². The largest absolute Gasteiger partial charge is 0.480 e. The quantitative estimate of drug-likeness (QED) is 0.754. The predicted octanol–water partition coefficient (Wildman–Crippen LogP) is 1.28. The fourth-order valence-corrected chi connectivity index (χ4v) is 0.839. The third-order valence-corrected chi connectivity index (χ3v) is 2.02. The lowest BCUT2D eigenvalue weighted by Gasteiger charge is -2.30. The van der Waals surface area contributed by atoms with Gasteiger partial charge in [-0.05, 0) is 13.3 Å². The van der Waals surface area contributed by atoms with E-state index < -0.39 is 23.7 Å². The van der Waals surface area contributed by atoms with E-state index in [4.69, 9.17) is 10.4 Å². The number of nitriles is 1. The van der Waals surface area contributed by atoms with Gasteiger partial charge in [0.15, 0.2) is 0 Å². The van der Waals surface area contributed by atoms with Crippen LogP contribution in [0.2, 0.25) is 0 Å². The molecule has 0 fully saturated rings. The van der Waals surface area contributed by atoms with Crippen molar-refractivity contribution in [1.82, 2.24) is 5.32 Å². The fourth-order valence-electron chi connectivity index (χ4n) is 0.839. The Morgan fingerprint density at radius 3 is 2.27 bits per heavy atom. The Hall–Kier alpha value is -1.29. The molecule has 0 radical (unpaired) electrons. The molecule has 0 aliphatic carbocycles. The third-order valence-electron chi connectivity index (χ3n) is 2.02. The van der Waals surface area contributed by atoms with Crippen LogP contribution >= 0.6 is 0 Å². The highest BCUT2D eigenvalue weighted by Gasteiger charge is 2.58. The Balaban J connectivity index is 5.01. The molecule has 0 aliphatic rings. The summed E-state index contributed by atoms with van der Waals surface area (Å²) in [6.45, 7) is 1.98. The average Bonchev–Trinajstić information content (AvgIpc) is 2.11. The summed E-state index contributed by atoms with van der Waals surface area (Å²) in [5.41, 5.74) is -3.09. The van der Waals surface area contributed by atoms with Crippen LogP contribution in [0, 0.1) is 11.3 Å². The van der Waals surface area contributed by atoms with Crippen LogP contribution in [0.5, 0.6) is 0 Å². The van der Waals surface area contributed by atoms with Crippen LogP contribution in [0.1, 0.15) is 20.3 Å². The number of carboxylic acid groups (broad SMARTS) is 1. The summed E-state index contributed by atoms with van der Waals surface area (Å²) in [6.07, 6.45) is -4.86. The Morgan fingerprint density at radius 2 is 2.07 bits per heavy atom. The molecule has 7 heteroatoms. The summed E-state index contributed by atoms with van der Waals surface area (Å²) in [4.78, 5) is 10.5. The van der Waals surface area contributed by atoms with Gasteiger partial charge >= 0.3 is 12.1 Å². The van der Waals surface area contributed by atoms with E-state index in [-0.39, 0.29) is 6.42 Å². The maximum atomic E-state index is 12.4. The zero-order valence-corrected chi connectivity index (χ0v) is 8.22. The van der Waals surface area contributed by atoms with Gasteiger partial charge < -0.3 is 5.11 Å². The molecule has 2 unspecified atom stereocenters. The maximum Gasteiger partial charge on any atom is 0.417 e. The van der Waals surface area contributed by atoms with Gasteiger partial charge in [0.25, 0.3) is 0 Å². The van der Waals surface area contributed by atoms with Crippen LogP contribution in [0.25, 0.3) is 0 Å². The van der Waals surface area contributed by atoms with E-state index in [1.165, 1.54) is 6.92 Å². The van der Waals surface area contributed by atoms with Crippen LogP contribution in [-0.4, -0.2) is 28.8 Å². The standard InChI is InChI=1S/C8H11F3N2O2/c1-3-5(4-12)13-7(2,6(14)15)8(9,10)11/h5,13H,3H2,1-2H3,(H,14,15). The fraction of sp³-hybridized carbons (Fsp3) is 0.750. The molecule has 0 bridgehead atoms. The summed E-state index contributed by atoms with van der Waals surface area (Å²) >= 11 is 0. The second-order valence-corrected chi connectivity index (χ2v) is 3.16.